The van der Waals surface area contributed by atoms with E-state index in [1.807, 2.05) is 18.7 Å². The third-order valence-electron chi connectivity index (χ3n) is 2.83. The fourth-order valence-electron chi connectivity index (χ4n) is 2.05. The Bertz CT molecular complexity index is 143. The molecular formula is C11H23NOS. The zero-order chi connectivity index (χ0) is 10.2. The zero-order valence-electron chi connectivity index (χ0n) is 9.42. The Hall–Kier alpha value is 0.270. The quantitative estimate of drug-likeness (QED) is 0.661. The largest absolute Gasteiger partial charge is 0.382 e. The first kappa shape index (κ1) is 12.3. The second kappa shape index (κ2) is 7.55. The van der Waals surface area contributed by atoms with Gasteiger partial charge in [0.05, 0.1) is 0 Å². The van der Waals surface area contributed by atoms with Gasteiger partial charge in [0, 0.05) is 24.5 Å². The topological polar surface area (TPSA) is 21.3 Å². The highest BCUT2D eigenvalue weighted by Gasteiger charge is 2.25. The molecule has 0 radical (unpaired) electrons. The highest BCUT2D eigenvalue weighted by Crippen LogP contribution is 2.28. The molecule has 0 spiro atoms. The number of rotatable bonds is 7. The van der Waals surface area contributed by atoms with E-state index in [1.54, 1.807) is 0 Å². The van der Waals surface area contributed by atoms with E-state index >= 15 is 0 Å². The molecule has 1 fully saturated rings. The van der Waals surface area contributed by atoms with Gasteiger partial charge in [0.15, 0.2) is 0 Å². The number of ether oxygens (including phenoxy) is 1. The van der Waals surface area contributed by atoms with Gasteiger partial charge in [-0.2, -0.15) is 11.8 Å². The molecule has 1 aliphatic rings. The van der Waals surface area contributed by atoms with Crippen molar-refractivity contribution in [2.75, 3.05) is 26.0 Å². The molecule has 2 atom stereocenters. The minimum atomic E-state index is 0.756. The summed E-state index contributed by atoms with van der Waals surface area (Å²) in [6, 6.07) is 0.756. The molecule has 1 saturated carbocycles. The molecule has 14 heavy (non-hydrogen) atoms. The van der Waals surface area contributed by atoms with Crippen LogP contribution in [0.3, 0.4) is 0 Å². The molecule has 0 aliphatic heterocycles. The molecule has 3 heteroatoms. The SMILES string of the molecule is CCOCCCNC1CCCC1SC. The van der Waals surface area contributed by atoms with Gasteiger partial charge < -0.3 is 10.1 Å². The lowest BCUT2D eigenvalue weighted by Crippen LogP contribution is -2.34. The molecule has 0 heterocycles. The summed E-state index contributed by atoms with van der Waals surface area (Å²) in [5, 5.41) is 4.49. The molecule has 2 unspecified atom stereocenters. The van der Waals surface area contributed by atoms with E-state index in [-0.39, 0.29) is 0 Å². The van der Waals surface area contributed by atoms with Crippen molar-refractivity contribution < 1.29 is 4.74 Å². The summed E-state index contributed by atoms with van der Waals surface area (Å²) >= 11 is 2.02. The van der Waals surface area contributed by atoms with Crippen LogP contribution in [0.5, 0.6) is 0 Å². The van der Waals surface area contributed by atoms with Gasteiger partial charge in [0.25, 0.3) is 0 Å². The number of thioether (sulfide) groups is 1. The molecule has 1 rings (SSSR count). The Balaban J connectivity index is 2.00. The lowest BCUT2D eigenvalue weighted by molar-refractivity contribution is 0.144. The first-order valence-corrected chi connectivity index (χ1v) is 7.01. The first-order valence-electron chi connectivity index (χ1n) is 5.72. The maximum absolute atomic E-state index is 5.31. The van der Waals surface area contributed by atoms with Crippen LogP contribution >= 0.6 is 11.8 Å². The molecule has 1 aliphatic carbocycles. The Morgan fingerprint density at radius 1 is 1.43 bits per heavy atom. The van der Waals surface area contributed by atoms with Crippen LogP contribution in [0.1, 0.15) is 32.6 Å². The third kappa shape index (κ3) is 4.20. The lowest BCUT2D eigenvalue weighted by atomic mass is 10.2. The summed E-state index contributed by atoms with van der Waals surface area (Å²) in [6.07, 6.45) is 7.52. The second-order valence-electron chi connectivity index (χ2n) is 3.82. The summed E-state index contributed by atoms with van der Waals surface area (Å²) in [5.74, 6) is 0. The van der Waals surface area contributed by atoms with E-state index in [4.69, 9.17) is 4.74 Å². The third-order valence-corrected chi connectivity index (χ3v) is 4.00. The Morgan fingerprint density at radius 2 is 2.29 bits per heavy atom. The van der Waals surface area contributed by atoms with Gasteiger partial charge in [-0.1, -0.05) is 6.42 Å². The second-order valence-corrected chi connectivity index (χ2v) is 4.89. The van der Waals surface area contributed by atoms with Crippen LogP contribution in [0.15, 0.2) is 0 Å². The van der Waals surface area contributed by atoms with E-state index in [0.717, 1.165) is 37.5 Å². The molecule has 2 nitrogen and oxygen atoms in total. The zero-order valence-corrected chi connectivity index (χ0v) is 10.2. The van der Waals surface area contributed by atoms with E-state index in [9.17, 15) is 0 Å². The summed E-state index contributed by atoms with van der Waals surface area (Å²) in [6.45, 7) is 4.91. The van der Waals surface area contributed by atoms with E-state index in [0.29, 0.717) is 0 Å². The summed E-state index contributed by atoms with van der Waals surface area (Å²) < 4.78 is 5.31. The van der Waals surface area contributed by atoms with Crippen molar-refractivity contribution in [2.24, 2.45) is 0 Å². The molecule has 0 saturated heterocycles. The Kier molecular flexibility index (Phi) is 6.65. The van der Waals surface area contributed by atoms with Crippen LogP contribution in [0.4, 0.5) is 0 Å². The van der Waals surface area contributed by atoms with E-state index < -0.39 is 0 Å². The van der Waals surface area contributed by atoms with Crippen LogP contribution in [-0.4, -0.2) is 37.3 Å². The average molecular weight is 217 g/mol. The molecule has 0 bridgehead atoms. The van der Waals surface area contributed by atoms with Crippen LogP contribution in [-0.2, 0) is 4.74 Å². The molecular weight excluding hydrogens is 194 g/mol. The standard InChI is InChI=1S/C11H23NOS/c1-3-13-9-5-8-12-10-6-4-7-11(10)14-2/h10-12H,3-9H2,1-2H3. The summed E-state index contributed by atoms with van der Waals surface area (Å²) in [4.78, 5) is 0. The number of hydrogen-bond donors (Lipinski definition) is 1. The van der Waals surface area contributed by atoms with Gasteiger partial charge in [-0.15, -0.1) is 0 Å². The summed E-state index contributed by atoms with van der Waals surface area (Å²) in [5.41, 5.74) is 0. The van der Waals surface area contributed by atoms with Gasteiger partial charge in [0.1, 0.15) is 0 Å². The van der Waals surface area contributed by atoms with Crippen molar-refractivity contribution in [3.8, 4) is 0 Å². The molecule has 1 N–H and O–H groups in total. The Labute approximate surface area is 92.2 Å². The monoisotopic (exact) mass is 217 g/mol. The molecule has 0 amide bonds. The van der Waals surface area contributed by atoms with E-state index in [2.05, 4.69) is 11.6 Å². The van der Waals surface area contributed by atoms with Gasteiger partial charge in [0.2, 0.25) is 0 Å². The highest BCUT2D eigenvalue weighted by atomic mass is 32.2. The lowest BCUT2D eigenvalue weighted by Gasteiger charge is -2.18. The van der Waals surface area contributed by atoms with Crippen LogP contribution in [0, 0.1) is 0 Å². The predicted molar refractivity (Wildman–Crippen MR) is 64.1 cm³/mol. The molecule has 0 aromatic carbocycles. The number of hydrogen-bond acceptors (Lipinski definition) is 3. The van der Waals surface area contributed by atoms with Gasteiger partial charge >= 0.3 is 0 Å². The maximum atomic E-state index is 5.31. The first-order chi connectivity index (χ1) is 6.88. The van der Waals surface area contributed by atoms with Crippen LogP contribution in [0.2, 0.25) is 0 Å². The van der Waals surface area contributed by atoms with Crippen LogP contribution < -0.4 is 5.32 Å². The van der Waals surface area contributed by atoms with Crippen molar-refractivity contribution in [3.63, 3.8) is 0 Å². The minimum absolute atomic E-state index is 0.756. The van der Waals surface area contributed by atoms with Crippen molar-refractivity contribution in [1.29, 1.82) is 0 Å². The highest BCUT2D eigenvalue weighted by molar-refractivity contribution is 7.99. The Morgan fingerprint density at radius 3 is 3.00 bits per heavy atom. The fraction of sp³-hybridized carbons (Fsp3) is 1.00. The predicted octanol–water partition coefficient (Wildman–Crippen LogP) is 2.29. The van der Waals surface area contributed by atoms with Crippen molar-refractivity contribution >= 4 is 11.8 Å². The summed E-state index contributed by atoms with van der Waals surface area (Å²) in [7, 11) is 0. The van der Waals surface area contributed by atoms with E-state index in [1.165, 1.54) is 19.3 Å². The van der Waals surface area contributed by atoms with Gasteiger partial charge in [-0.25, -0.2) is 0 Å². The van der Waals surface area contributed by atoms with Crippen molar-refractivity contribution in [2.45, 2.75) is 43.9 Å². The maximum Gasteiger partial charge on any atom is 0.0477 e. The smallest absolute Gasteiger partial charge is 0.0477 e. The molecule has 0 aromatic rings. The number of nitrogens with one attached hydrogen (secondary N) is 1. The molecule has 0 aromatic heterocycles. The van der Waals surface area contributed by atoms with Gasteiger partial charge in [-0.3, -0.25) is 0 Å². The fourth-order valence-corrected chi connectivity index (χ4v) is 3.01. The molecule has 84 valence electrons. The van der Waals surface area contributed by atoms with Crippen LogP contribution in [0.25, 0.3) is 0 Å². The minimum Gasteiger partial charge on any atom is -0.382 e. The van der Waals surface area contributed by atoms with Gasteiger partial charge in [-0.05, 0) is 39.0 Å². The van der Waals surface area contributed by atoms with Crippen molar-refractivity contribution in [1.82, 2.24) is 5.32 Å². The normalized spacial score (nSPS) is 27.0. The average Bonchev–Trinajstić information content (AvgIpc) is 2.65. The van der Waals surface area contributed by atoms with Crippen molar-refractivity contribution in [3.05, 3.63) is 0 Å².